The van der Waals surface area contributed by atoms with Gasteiger partial charge in [0.1, 0.15) is 23.2 Å². The Balaban J connectivity index is 1.52. The van der Waals surface area contributed by atoms with Crippen molar-refractivity contribution in [1.29, 1.82) is 0 Å². The Hall–Kier alpha value is -2.97. The number of likely N-dealkylation sites (tertiary alicyclic amines) is 1. The lowest BCUT2D eigenvalue weighted by Crippen LogP contribution is -2.58. The number of hydrogen-bond acceptors (Lipinski definition) is 6. The van der Waals surface area contributed by atoms with E-state index >= 15 is 0 Å². The Kier molecular flexibility index (Phi) is 6.88. The number of fused-ring (bicyclic) bond motifs is 2. The molecule has 39 heavy (non-hydrogen) atoms. The van der Waals surface area contributed by atoms with Gasteiger partial charge in [0.15, 0.2) is 0 Å². The van der Waals surface area contributed by atoms with Gasteiger partial charge in [-0.25, -0.2) is 0 Å². The summed E-state index contributed by atoms with van der Waals surface area (Å²) in [7, 11) is 0. The second kappa shape index (κ2) is 10.2. The van der Waals surface area contributed by atoms with E-state index in [0.717, 1.165) is 37.7 Å². The molecular weight excluding hydrogens is 496 g/mol. The number of benzene rings is 1. The molecule has 3 fully saturated rings. The predicted molar refractivity (Wildman–Crippen MR) is 143 cm³/mol. The smallest absolute Gasteiger partial charge is 0.313 e. The number of rotatable bonds is 5. The third-order valence-corrected chi connectivity index (χ3v) is 9.58. The van der Waals surface area contributed by atoms with Crippen LogP contribution in [0, 0.1) is 11.8 Å². The quantitative estimate of drug-likeness (QED) is 0.460. The van der Waals surface area contributed by atoms with Crippen LogP contribution in [-0.2, 0) is 23.9 Å². The first-order chi connectivity index (χ1) is 19.0. The van der Waals surface area contributed by atoms with Gasteiger partial charge in [0.05, 0.1) is 25.2 Å². The van der Waals surface area contributed by atoms with Crippen molar-refractivity contribution in [3.8, 4) is 0 Å². The van der Waals surface area contributed by atoms with Gasteiger partial charge in [-0.2, -0.15) is 0 Å². The summed E-state index contributed by atoms with van der Waals surface area (Å²) in [5.41, 5.74) is -1.68. The lowest BCUT2D eigenvalue weighted by molar-refractivity contribution is -0.164. The maximum absolute atomic E-state index is 14.7. The topological polar surface area (TPSA) is 96.4 Å². The molecular formula is C31H38N2O6. The van der Waals surface area contributed by atoms with E-state index in [-0.39, 0.29) is 31.1 Å². The minimum absolute atomic E-state index is 0.0893. The largest absolute Gasteiger partial charge is 0.465 e. The van der Waals surface area contributed by atoms with Gasteiger partial charge in [-0.3, -0.25) is 14.4 Å². The molecule has 1 N–H and O–H groups in total. The van der Waals surface area contributed by atoms with Crippen LogP contribution in [0.5, 0.6) is 0 Å². The summed E-state index contributed by atoms with van der Waals surface area (Å²) in [6, 6.07) is 7.62. The predicted octanol–water partition coefficient (Wildman–Crippen LogP) is 3.32. The second-order valence-electron chi connectivity index (χ2n) is 11.5. The molecule has 1 saturated carbocycles. The monoisotopic (exact) mass is 534 g/mol. The van der Waals surface area contributed by atoms with E-state index < -0.39 is 41.1 Å². The molecule has 8 heteroatoms. The second-order valence-corrected chi connectivity index (χ2v) is 11.5. The average Bonchev–Trinajstić information content (AvgIpc) is 3.30. The van der Waals surface area contributed by atoms with Crippen molar-refractivity contribution in [2.75, 3.05) is 19.8 Å². The molecule has 1 aliphatic carbocycles. The Morgan fingerprint density at radius 1 is 1.00 bits per heavy atom. The summed E-state index contributed by atoms with van der Waals surface area (Å²) in [5, 5.41) is 10.7. The normalized spacial score (nSPS) is 35.5. The number of hydrogen-bond donors (Lipinski definition) is 1. The Labute approximate surface area is 229 Å². The van der Waals surface area contributed by atoms with Crippen LogP contribution in [0.1, 0.15) is 63.5 Å². The number of aliphatic hydroxyl groups is 1. The average molecular weight is 535 g/mol. The molecule has 8 nitrogen and oxygen atoms in total. The lowest BCUT2D eigenvalue weighted by atomic mass is 9.73. The molecule has 4 aliphatic heterocycles. The summed E-state index contributed by atoms with van der Waals surface area (Å²) in [4.78, 5) is 46.3. The number of esters is 1. The van der Waals surface area contributed by atoms with E-state index in [4.69, 9.17) is 9.47 Å². The molecule has 1 spiro atoms. The van der Waals surface area contributed by atoms with Crippen LogP contribution in [0.25, 0.3) is 0 Å². The number of cyclic esters (lactones) is 1. The summed E-state index contributed by atoms with van der Waals surface area (Å²) in [6.07, 6.45) is 13.9. The van der Waals surface area contributed by atoms with Gasteiger partial charge in [0.2, 0.25) is 11.8 Å². The van der Waals surface area contributed by atoms with Gasteiger partial charge in [0.25, 0.3) is 0 Å². The summed E-state index contributed by atoms with van der Waals surface area (Å²) in [6.45, 7) is 2.25. The molecule has 2 saturated heterocycles. The third kappa shape index (κ3) is 3.98. The fourth-order valence-electron chi connectivity index (χ4n) is 7.77. The van der Waals surface area contributed by atoms with E-state index in [9.17, 15) is 19.5 Å². The highest BCUT2D eigenvalue weighted by atomic mass is 16.6. The number of ether oxygens (including phenoxy) is 2. The maximum atomic E-state index is 14.7. The number of amides is 2. The first-order valence-corrected chi connectivity index (χ1v) is 14.5. The van der Waals surface area contributed by atoms with Gasteiger partial charge in [-0.1, -0.05) is 80.8 Å². The van der Waals surface area contributed by atoms with Crippen molar-refractivity contribution in [2.24, 2.45) is 11.8 Å². The molecule has 6 rings (SSSR count). The molecule has 1 unspecified atom stereocenters. The van der Waals surface area contributed by atoms with Crippen molar-refractivity contribution < 1.29 is 29.0 Å². The number of carbonyl (C=O) groups is 3. The highest BCUT2D eigenvalue weighted by molar-refractivity contribution is 5.99. The van der Waals surface area contributed by atoms with Crippen LogP contribution in [0.2, 0.25) is 0 Å². The number of aliphatic hydroxyl groups excluding tert-OH is 1. The van der Waals surface area contributed by atoms with Gasteiger partial charge in [-0.05, 0) is 31.2 Å². The first kappa shape index (κ1) is 26.3. The third-order valence-electron chi connectivity index (χ3n) is 9.58. The van der Waals surface area contributed by atoms with Crippen molar-refractivity contribution in [3.63, 3.8) is 0 Å². The Morgan fingerprint density at radius 3 is 2.49 bits per heavy atom. The maximum Gasteiger partial charge on any atom is 0.313 e. The molecule has 1 aromatic rings. The molecule has 1 aromatic carbocycles. The van der Waals surface area contributed by atoms with Crippen molar-refractivity contribution in [2.45, 2.75) is 81.2 Å². The minimum Gasteiger partial charge on any atom is -0.465 e. The fourth-order valence-corrected chi connectivity index (χ4v) is 7.77. The molecule has 0 radical (unpaired) electrons. The molecule has 2 amide bonds. The highest BCUT2D eigenvalue weighted by Crippen LogP contribution is 2.59. The molecule has 5 aliphatic rings. The van der Waals surface area contributed by atoms with Crippen LogP contribution in [0.4, 0.5) is 0 Å². The Bertz CT molecular complexity index is 1180. The van der Waals surface area contributed by atoms with Gasteiger partial charge < -0.3 is 24.4 Å². The highest BCUT2D eigenvalue weighted by Gasteiger charge is 2.76. The standard InChI is InChI=1S/C31H38N2O6/c1-2-30-16-9-10-19-38-29(37)25(30)24-27(35)33(23(20-34)21-12-5-3-6-13-21)26-28(36)32(22-14-7-4-8-15-22)18-11-17-31(24,26)39-30/h3,5-6,9,11-13,16-17,22-26,34H,2,4,7-8,10,14-15,18-20H2,1H3/t23-,24+,25+,26?,30-,31+/m1/s1. The van der Waals surface area contributed by atoms with Crippen LogP contribution >= 0.6 is 0 Å². The van der Waals surface area contributed by atoms with Crippen molar-refractivity contribution >= 4 is 17.8 Å². The van der Waals surface area contributed by atoms with E-state index in [1.807, 2.05) is 66.5 Å². The van der Waals surface area contributed by atoms with Gasteiger partial charge in [0, 0.05) is 12.6 Å². The summed E-state index contributed by atoms with van der Waals surface area (Å²) < 4.78 is 12.6. The molecule has 0 aromatic heterocycles. The van der Waals surface area contributed by atoms with Crippen molar-refractivity contribution in [3.05, 3.63) is 60.2 Å². The van der Waals surface area contributed by atoms with Crippen molar-refractivity contribution in [1.82, 2.24) is 9.80 Å². The number of carbonyl (C=O) groups excluding carboxylic acids is 3. The van der Waals surface area contributed by atoms with E-state index in [2.05, 4.69) is 0 Å². The van der Waals surface area contributed by atoms with E-state index in [0.29, 0.717) is 19.4 Å². The minimum atomic E-state index is -1.35. The number of nitrogens with zero attached hydrogens (tertiary/aromatic N) is 2. The van der Waals surface area contributed by atoms with E-state index in [1.54, 1.807) is 0 Å². The fraction of sp³-hybridized carbons (Fsp3) is 0.581. The zero-order chi connectivity index (χ0) is 27.2. The summed E-state index contributed by atoms with van der Waals surface area (Å²) >= 11 is 0. The first-order valence-electron chi connectivity index (χ1n) is 14.5. The molecule has 208 valence electrons. The zero-order valence-electron chi connectivity index (χ0n) is 22.5. The zero-order valence-corrected chi connectivity index (χ0v) is 22.5. The van der Waals surface area contributed by atoms with Crippen LogP contribution in [0.15, 0.2) is 54.6 Å². The molecule has 4 heterocycles. The SMILES string of the molecule is CC[C@@]12C=CCCOC(=O)[C@@H]1[C@H]1C(=O)N([C@H](CO)c3ccccc3)C3C(=O)N(C4CCCCC4)CC=C[C@@]31O2. The molecule has 6 atom stereocenters. The van der Waals surface area contributed by atoms with Gasteiger partial charge >= 0.3 is 5.97 Å². The summed E-state index contributed by atoms with van der Waals surface area (Å²) in [5.74, 6) is -2.83. The Morgan fingerprint density at radius 2 is 1.77 bits per heavy atom. The van der Waals surface area contributed by atoms with Crippen LogP contribution in [0.3, 0.4) is 0 Å². The lowest BCUT2D eigenvalue weighted by Gasteiger charge is -2.42. The van der Waals surface area contributed by atoms with Crippen LogP contribution < -0.4 is 0 Å². The van der Waals surface area contributed by atoms with Gasteiger partial charge in [-0.15, -0.1) is 0 Å². The van der Waals surface area contributed by atoms with Crippen LogP contribution in [-0.4, -0.2) is 75.7 Å². The molecule has 0 bridgehead atoms. The van der Waals surface area contributed by atoms with E-state index in [1.165, 1.54) is 4.90 Å².